The van der Waals surface area contributed by atoms with Gasteiger partial charge in [0.15, 0.2) is 23.6 Å². The van der Waals surface area contributed by atoms with E-state index in [0.29, 0.717) is 17.4 Å². The molecule has 4 bridgehead atoms. The Morgan fingerprint density at radius 2 is 1.48 bits per heavy atom. The summed E-state index contributed by atoms with van der Waals surface area (Å²) in [5, 5.41) is 52.3. The third kappa shape index (κ3) is 10.5. The predicted octanol–water partition coefficient (Wildman–Crippen LogP) is 6.90. The van der Waals surface area contributed by atoms with E-state index in [9.17, 15) is 44.4 Å². The highest BCUT2D eigenvalue weighted by Gasteiger charge is 2.78. The molecule has 1 aromatic heterocycles. The molecule has 3 aliphatic carbocycles. The predicted molar refractivity (Wildman–Crippen MR) is 306 cm³/mol. The van der Waals surface area contributed by atoms with Gasteiger partial charge in [-0.25, -0.2) is 9.59 Å². The minimum atomic E-state index is -2.39. The van der Waals surface area contributed by atoms with Crippen LogP contribution in [0.15, 0.2) is 151 Å². The summed E-state index contributed by atoms with van der Waals surface area (Å²) in [5.74, 6) is -5.58. The summed E-state index contributed by atoms with van der Waals surface area (Å²) < 4.78 is 30.3. The second-order valence-electron chi connectivity index (χ2n) is 24.0. The zero-order chi connectivity index (χ0) is 60.0. The molecule has 4 aromatic carbocycles. The lowest BCUT2D eigenvalue weighted by Gasteiger charge is -2.67. The Hall–Kier alpha value is -7.45. The van der Waals surface area contributed by atoms with Crippen molar-refractivity contribution in [3.05, 3.63) is 174 Å². The van der Waals surface area contributed by atoms with Crippen LogP contribution in [-0.2, 0) is 42.9 Å². The van der Waals surface area contributed by atoms with Crippen LogP contribution in [0.5, 0.6) is 0 Å². The highest BCUT2D eigenvalue weighted by molar-refractivity contribution is 5.96. The quantitative estimate of drug-likeness (QED) is 0.0456. The van der Waals surface area contributed by atoms with Gasteiger partial charge in [-0.15, -0.1) is 6.58 Å². The standard InChI is InChI=1S/C47H51NO14.C19H22N2O/c1-25-31(60-43(56)36(52)35(28-16-10-7-11-17-28)48-41(54)29-18-12-8-13-19-29)23-47(57)40(61-42(55)30-20-14-9-15-21-30)38-45(6,32(51)22-33-46(38,24-58-33)62-27(3)50)39(53)37(59-26(2)49)34(25)44(47,4)5;1-2-13-12-21-10-8-14(13)11-18(21)19(22)16-7-9-20-17-6-4-3-5-15(16)17/h7-21,31-33,35-38,40,51-52,57H,22-24H2,1-6H3,(H,48,54);2-7,9,13-14,18-19,22H,1,8,10-12H2/t31-,32-,33+,35-,36+,37+,38-,40-,45+,46-,47+;13-,14-,18+,19-/m00/s1. The maximum Gasteiger partial charge on any atom is 0.338 e. The van der Waals surface area contributed by atoms with Gasteiger partial charge in [0.2, 0.25) is 0 Å². The number of carbonyl (C=O) groups is 6. The van der Waals surface area contributed by atoms with Crippen LogP contribution in [-0.4, -0.2) is 139 Å². The lowest BCUT2D eigenvalue weighted by Crippen LogP contribution is -2.82. The van der Waals surface area contributed by atoms with E-state index in [2.05, 4.69) is 33.9 Å². The molecule has 0 spiro atoms. The molecule has 4 saturated heterocycles. The largest absolute Gasteiger partial charge is 0.456 e. The number of nitrogens with zero attached hydrogens (tertiary/aromatic N) is 2. The molecule has 7 aliphatic rings. The zero-order valence-corrected chi connectivity index (χ0v) is 48.0. The molecule has 5 aromatic rings. The average molecular weight is 1150 g/mol. The van der Waals surface area contributed by atoms with E-state index < -0.39 is 119 Å². The van der Waals surface area contributed by atoms with E-state index >= 15 is 4.79 Å². The Bertz CT molecular complexity index is 3350. The summed E-state index contributed by atoms with van der Waals surface area (Å²) in [4.78, 5) is 90.3. The van der Waals surface area contributed by atoms with Gasteiger partial charge < -0.3 is 49.4 Å². The molecule has 6 fully saturated rings. The topological polar surface area (TPSA) is 258 Å². The van der Waals surface area contributed by atoms with E-state index in [1.54, 1.807) is 92.7 Å². The number of Topliss-reactive ketones (excluding diaryl/α,β-unsaturated/α-hetero) is 1. The number of carbonyl (C=O) groups excluding carboxylic acids is 6. The Kier molecular flexibility index (Phi) is 16.7. The van der Waals surface area contributed by atoms with Crippen LogP contribution < -0.4 is 5.32 Å². The van der Waals surface area contributed by atoms with Crippen molar-refractivity contribution in [2.45, 2.75) is 133 Å². The number of aliphatic hydroxyl groups is 4. The number of para-hydroxylation sites is 1. The van der Waals surface area contributed by atoms with Crippen LogP contribution in [0.25, 0.3) is 10.9 Å². The fourth-order valence-electron chi connectivity index (χ4n) is 14.5. The van der Waals surface area contributed by atoms with Crippen molar-refractivity contribution < 1.29 is 72.9 Å². The van der Waals surface area contributed by atoms with E-state index in [1.807, 2.05) is 30.5 Å². The van der Waals surface area contributed by atoms with Gasteiger partial charge in [-0.3, -0.25) is 29.1 Å². The normalized spacial score (nSPS) is 31.9. The van der Waals surface area contributed by atoms with Crippen molar-refractivity contribution in [2.24, 2.45) is 28.6 Å². The molecule has 1 amide bonds. The van der Waals surface area contributed by atoms with Gasteiger partial charge in [0.05, 0.1) is 47.3 Å². The average Bonchev–Trinajstić information content (AvgIpc) is 0.691. The van der Waals surface area contributed by atoms with Crippen molar-refractivity contribution in [1.82, 2.24) is 15.2 Å². The third-order valence-electron chi connectivity index (χ3n) is 19.0. The highest BCUT2D eigenvalue weighted by Crippen LogP contribution is 2.64. The van der Waals surface area contributed by atoms with Crippen molar-refractivity contribution in [1.29, 1.82) is 0 Å². The van der Waals surface area contributed by atoms with Crippen LogP contribution in [0.3, 0.4) is 0 Å². The summed E-state index contributed by atoms with van der Waals surface area (Å²) >= 11 is 0. The summed E-state index contributed by atoms with van der Waals surface area (Å²) in [6.07, 6.45) is -4.75. The van der Waals surface area contributed by atoms with Gasteiger partial charge in [0.25, 0.3) is 5.91 Å². The van der Waals surface area contributed by atoms with E-state index in [1.165, 1.54) is 32.4 Å². The Morgan fingerprint density at radius 3 is 2.08 bits per heavy atom. The van der Waals surface area contributed by atoms with Crippen molar-refractivity contribution >= 4 is 46.5 Å². The van der Waals surface area contributed by atoms with Gasteiger partial charge in [0.1, 0.15) is 23.9 Å². The summed E-state index contributed by atoms with van der Waals surface area (Å²) in [6, 6.07) is 33.2. The number of rotatable bonds is 13. The van der Waals surface area contributed by atoms with Crippen LogP contribution in [0, 0.1) is 28.6 Å². The number of ether oxygens (including phenoxy) is 5. The van der Waals surface area contributed by atoms with Gasteiger partial charge in [0, 0.05) is 61.8 Å². The molecule has 5 N–H and O–H groups in total. The highest BCUT2D eigenvalue weighted by atomic mass is 16.6. The third-order valence-corrected chi connectivity index (χ3v) is 19.0. The molecule has 442 valence electrons. The molecule has 18 nitrogen and oxygen atoms in total. The lowest BCUT2D eigenvalue weighted by atomic mass is 9.44. The molecular formula is C66H73N3O15. The number of esters is 4. The second-order valence-corrected chi connectivity index (χ2v) is 24.0. The molecule has 2 saturated carbocycles. The molecule has 16 atom stereocenters. The molecular weight excluding hydrogens is 1070 g/mol. The number of nitrogens with one attached hydrogen (secondary N) is 1. The molecule has 12 rings (SSSR count). The van der Waals surface area contributed by atoms with Gasteiger partial charge in [-0.05, 0) is 104 Å². The number of aliphatic hydroxyl groups excluding tert-OH is 3. The number of benzene rings is 4. The van der Waals surface area contributed by atoms with Crippen molar-refractivity contribution in [3.8, 4) is 0 Å². The van der Waals surface area contributed by atoms with Crippen molar-refractivity contribution in [2.75, 3.05) is 19.7 Å². The first kappa shape index (κ1) is 59.7. The van der Waals surface area contributed by atoms with Gasteiger partial charge in [-0.2, -0.15) is 0 Å². The number of hydrogen-bond donors (Lipinski definition) is 5. The van der Waals surface area contributed by atoms with Crippen LogP contribution in [0.4, 0.5) is 0 Å². The Balaban J connectivity index is 0.000000295. The summed E-state index contributed by atoms with van der Waals surface area (Å²) in [6.45, 7) is 14.1. The molecule has 4 aliphatic heterocycles. The van der Waals surface area contributed by atoms with Crippen LogP contribution in [0.2, 0.25) is 0 Å². The molecule has 5 heterocycles. The van der Waals surface area contributed by atoms with E-state index in [-0.39, 0.29) is 41.3 Å². The fourth-order valence-corrected chi connectivity index (χ4v) is 14.5. The van der Waals surface area contributed by atoms with Crippen LogP contribution >= 0.6 is 0 Å². The molecule has 18 heteroatoms. The Morgan fingerprint density at radius 1 is 0.833 bits per heavy atom. The number of fused-ring (bicyclic) bond motifs is 9. The minimum absolute atomic E-state index is 0.00289. The number of ketones is 1. The van der Waals surface area contributed by atoms with Crippen LogP contribution in [0.1, 0.15) is 111 Å². The summed E-state index contributed by atoms with van der Waals surface area (Å²) in [5.41, 5.74) is -5.05. The summed E-state index contributed by atoms with van der Waals surface area (Å²) in [7, 11) is 0. The lowest BCUT2D eigenvalue weighted by molar-refractivity contribution is -0.346. The first-order valence-corrected chi connectivity index (χ1v) is 28.6. The van der Waals surface area contributed by atoms with Gasteiger partial charge >= 0.3 is 23.9 Å². The second kappa shape index (κ2) is 23.5. The smallest absolute Gasteiger partial charge is 0.338 e. The molecule has 0 radical (unpaired) electrons. The number of amides is 1. The number of hydrogen-bond acceptors (Lipinski definition) is 17. The first-order chi connectivity index (χ1) is 40.0. The number of pyridine rings is 1. The number of piperidine rings is 3. The molecule has 1 unspecified atom stereocenters. The van der Waals surface area contributed by atoms with Gasteiger partial charge in [-0.1, -0.05) is 105 Å². The SMILES string of the molecule is C=C[C@H]1CN2CC[C@H]1C[C@@H]2[C@@H](O)c1ccnc2ccccc12.CC(=O)O[C@H]1C(=O)[C@@]2(C)[C@H]([C@H](OC(=O)c3ccccc3)[C@]3(O)C[C@H](OC(=O)[C@H](O)[C@@H](NC(=O)c4ccccc4)c4ccccc4)C(C)=C1C3(C)C)[C@]1(OC(C)=O)CO[C@@H]1C[C@@H]2O. The number of aromatic nitrogens is 1. The fraction of sp³-hybridized carbons (Fsp3) is 0.439. The minimum Gasteiger partial charge on any atom is -0.456 e. The zero-order valence-electron chi connectivity index (χ0n) is 48.0. The van der Waals surface area contributed by atoms with E-state index in [0.717, 1.165) is 49.8 Å². The van der Waals surface area contributed by atoms with E-state index in [4.69, 9.17) is 23.7 Å². The Labute approximate surface area is 487 Å². The maximum atomic E-state index is 15.5. The van der Waals surface area contributed by atoms with Crippen molar-refractivity contribution in [3.63, 3.8) is 0 Å². The monoisotopic (exact) mass is 1150 g/mol. The molecule has 84 heavy (non-hydrogen) atoms. The maximum absolute atomic E-state index is 15.5. The first-order valence-electron chi connectivity index (χ1n) is 28.6.